The first-order valence-electron chi connectivity index (χ1n) is 7.49. The predicted octanol–water partition coefficient (Wildman–Crippen LogP) is 3.86. The number of hydrogen-bond donors (Lipinski definition) is 0. The predicted molar refractivity (Wildman–Crippen MR) is 85.6 cm³/mol. The Kier molecular flexibility index (Phi) is 3.15. The molecule has 3 aromatic rings. The Morgan fingerprint density at radius 1 is 1.18 bits per heavy atom. The molecular weight excluding hydrogens is 274 g/mol. The average Bonchev–Trinajstić information content (AvgIpc) is 3.09. The van der Waals surface area contributed by atoms with Crippen LogP contribution in [0.5, 0.6) is 0 Å². The van der Waals surface area contributed by atoms with Gasteiger partial charge in [-0.15, -0.1) is 0 Å². The number of nitrogens with zero attached hydrogens (tertiary/aromatic N) is 3. The molecule has 2 aromatic heterocycles. The van der Waals surface area contributed by atoms with Crippen LogP contribution in [-0.4, -0.2) is 16.5 Å². The molecule has 4 rings (SSSR count). The zero-order chi connectivity index (χ0) is 14.9. The van der Waals surface area contributed by atoms with E-state index in [1.54, 1.807) is 12.5 Å². The van der Waals surface area contributed by atoms with Crippen molar-refractivity contribution in [2.75, 3.05) is 11.4 Å². The lowest BCUT2D eigenvalue weighted by Gasteiger charge is -2.33. The maximum absolute atomic E-state index is 5.14. The normalized spacial score (nSPS) is 17.3. The van der Waals surface area contributed by atoms with E-state index >= 15 is 0 Å². The highest BCUT2D eigenvalue weighted by atomic mass is 16.3. The third-order valence-electron chi connectivity index (χ3n) is 4.18. The summed E-state index contributed by atoms with van der Waals surface area (Å²) < 4.78 is 5.14. The second-order valence-corrected chi connectivity index (χ2v) is 5.73. The van der Waals surface area contributed by atoms with Gasteiger partial charge in [0.15, 0.2) is 0 Å². The minimum Gasteiger partial charge on any atom is -0.472 e. The third kappa shape index (κ3) is 2.26. The van der Waals surface area contributed by atoms with Crippen LogP contribution in [0.2, 0.25) is 0 Å². The van der Waals surface area contributed by atoms with Crippen LogP contribution in [0.25, 0.3) is 11.3 Å². The Hall–Kier alpha value is -2.62. The highest BCUT2D eigenvalue weighted by molar-refractivity contribution is 5.58. The van der Waals surface area contributed by atoms with Gasteiger partial charge >= 0.3 is 0 Å². The molecule has 1 aromatic carbocycles. The monoisotopic (exact) mass is 291 g/mol. The van der Waals surface area contributed by atoms with Gasteiger partial charge in [0.1, 0.15) is 0 Å². The largest absolute Gasteiger partial charge is 0.472 e. The molecule has 3 heterocycles. The molecule has 1 atom stereocenters. The average molecular weight is 291 g/mol. The fourth-order valence-electron chi connectivity index (χ4n) is 3.08. The van der Waals surface area contributed by atoms with Crippen LogP contribution < -0.4 is 4.90 Å². The Morgan fingerprint density at radius 2 is 2.09 bits per heavy atom. The Bertz CT molecular complexity index is 783. The Morgan fingerprint density at radius 3 is 2.95 bits per heavy atom. The van der Waals surface area contributed by atoms with Crippen LogP contribution in [0.3, 0.4) is 0 Å². The van der Waals surface area contributed by atoms with E-state index in [0.29, 0.717) is 5.92 Å². The summed E-state index contributed by atoms with van der Waals surface area (Å²) >= 11 is 0. The van der Waals surface area contributed by atoms with Crippen molar-refractivity contribution in [1.29, 1.82) is 0 Å². The molecule has 4 heteroatoms. The summed E-state index contributed by atoms with van der Waals surface area (Å²) in [6, 6.07) is 12.5. The number of fused-ring (bicyclic) bond motifs is 1. The number of benzene rings is 1. The maximum atomic E-state index is 5.14. The van der Waals surface area contributed by atoms with E-state index in [0.717, 1.165) is 30.3 Å². The van der Waals surface area contributed by atoms with Crippen molar-refractivity contribution in [1.82, 2.24) is 9.97 Å². The van der Waals surface area contributed by atoms with Crippen molar-refractivity contribution >= 4 is 5.95 Å². The topological polar surface area (TPSA) is 42.2 Å². The standard InChI is InChI=1S/C18H17N3O/c1-13-10-21(11-14-4-2-3-5-16(13)14)18-19-8-6-17(20-18)15-7-9-22-12-15/h2-9,12-13H,10-11H2,1H3. The van der Waals surface area contributed by atoms with Gasteiger partial charge in [0.2, 0.25) is 5.95 Å². The minimum absolute atomic E-state index is 0.478. The molecule has 22 heavy (non-hydrogen) atoms. The molecule has 0 bridgehead atoms. The first kappa shape index (κ1) is 13.1. The van der Waals surface area contributed by atoms with E-state index in [9.17, 15) is 0 Å². The van der Waals surface area contributed by atoms with E-state index in [4.69, 9.17) is 9.40 Å². The Balaban J connectivity index is 1.68. The van der Waals surface area contributed by atoms with Crippen molar-refractivity contribution in [3.63, 3.8) is 0 Å². The molecule has 4 nitrogen and oxygen atoms in total. The number of rotatable bonds is 2. The lowest BCUT2D eigenvalue weighted by Crippen LogP contribution is -2.33. The SMILES string of the molecule is CC1CN(c2nccc(-c3ccoc3)n2)Cc2ccccc21. The van der Waals surface area contributed by atoms with Crippen molar-refractivity contribution in [3.8, 4) is 11.3 Å². The zero-order valence-electron chi connectivity index (χ0n) is 12.4. The van der Waals surface area contributed by atoms with Crippen LogP contribution in [0.15, 0.2) is 59.5 Å². The zero-order valence-corrected chi connectivity index (χ0v) is 12.4. The van der Waals surface area contributed by atoms with Crippen LogP contribution in [0, 0.1) is 0 Å². The molecule has 1 aliphatic rings. The minimum atomic E-state index is 0.478. The van der Waals surface area contributed by atoms with Gasteiger partial charge in [-0.3, -0.25) is 0 Å². The molecule has 1 unspecified atom stereocenters. The van der Waals surface area contributed by atoms with Crippen molar-refractivity contribution in [2.45, 2.75) is 19.4 Å². The molecule has 110 valence electrons. The van der Waals surface area contributed by atoms with Gasteiger partial charge < -0.3 is 9.32 Å². The molecule has 0 fully saturated rings. The maximum Gasteiger partial charge on any atom is 0.226 e. The highest BCUT2D eigenvalue weighted by Gasteiger charge is 2.23. The van der Waals surface area contributed by atoms with Crippen LogP contribution >= 0.6 is 0 Å². The van der Waals surface area contributed by atoms with Gasteiger partial charge in [-0.25, -0.2) is 9.97 Å². The molecule has 0 aliphatic carbocycles. The van der Waals surface area contributed by atoms with Crippen molar-refractivity contribution in [3.05, 3.63) is 66.2 Å². The van der Waals surface area contributed by atoms with E-state index in [-0.39, 0.29) is 0 Å². The lowest BCUT2D eigenvalue weighted by atomic mass is 9.91. The summed E-state index contributed by atoms with van der Waals surface area (Å²) in [5.74, 6) is 1.26. The number of anilines is 1. The first-order chi connectivity index (χ1) is 10.8. The van der Waals surface area contributed by atoms with Crippen molar-refractivity contribution < 1.29 is 4.42 Å². The summed E-state index contributed by atoms with van der Waals surface area (Å²) in [5, 5.41) is 0. The van der Waals surface area contributed by atoms with Crippen molar-refractivity contribution in [2.24, 2.45) is 0 Å². The van der Waals surface area contributed by atoms with Gasteiger partial charge in [0.05, 0.1) is 18.2 Å². The lowest BCUT2D eigenvalue weighted by molar-refractivity contribution is 0.568. The summed E-state index contributed by atoms with van der Waals surface area (Å²) in [6.45, 7) is 4.05. The molecule has 1 aliphatic heterocycles. The molecule has 0 N–H and O–H groups in total. The second kappa shape index (κ2) is 5.30. The molecule has 0 saturated carbocycles. The molecule has 0 radical (unpaired) electrons. The van der Waals surface area contributed by atoms with Crippen LogP contribution in [0.4, 0.5) is 5.95 Å². The third-order valence-corrected chi connectivity index (χ3v) is 4.18. The summed E-state index contributed by atoms with van der Waals surface area (Å²) in [5.41, 5.74) is 4.67. The van der Waals surface area contributed by atoms with Crippen LogP contribution in [-0.2, 0) is 6.54 Å². The smallest absolute Gasteiger partial charge is 0.226 e. The van der Waals surface area contributed by atoms with E-state index in [1.165, 1.54) is 11.1 Å². The summed E-state index contributed by atoms with van der Waals surface area (Å²) in [7, 11) is 0. The van der Waals surface area contributed by atoms with Crippen LogP contribution in [0.1, 0.15) is 24.0 Å². The van der Waals surface area contributed by atoms with E-state index in [2.05, 4.69) is 41.1 Å². The molecule has 0 amide bonds. The van der Waals surface area contributed by atoms with Gasteiger partial charge in [0, 0.05) is 24.8 Å². The number of furan rings is 1. The first-order valence-corrected chi connectivity index (χ1v) is 7.49. The number of aromatic nitrogens is 2. The van der Waals surface area contributed by atoms with E-state index in [1.807, 2.05) is 18.3 Å². The fourth-order valence-corrected chi connectivity index (χ4v) is 3.08. The quantitative estimate of drug-likeness (QED) is 0.719. The van der Waals surface area contributed by atoms with Gasteiger partial charge in [-0.1, -0.05) is 31.2 Å². The molecule has 0 saturated heterocycles. The van der Waals surface area contributed by atoms with Gasteiger partial charge in [-0.05, 0) is 29.2 Å². The van der Waals surface area contributed by atoms with Gasteiger partial charge in [-0.2, -0.15) is 0 Å². The molecular formula is C18H17N3O. The van der Waals surface area contributed by atoms with Gasteiger partial charge in [0.25, 0.3) is 0 Å². The van der Waals surface area contributed by atoms with E-state index < -0.39 is 0 Å². The Labute approximate surface area is 129 Å². The summed E-state index contributed by atoms with van der Waals surface area (Å²) in [6.07, 6.45) is 5.19. The highest BCUT2D eigenvalue weighted by Crippen LogP contribution is 2.30. The fraction of sp³-hybridized carbons (Fsp3) is 0.222. The summed E-state index contributed by atoms with van der Waals surface area (Å²) in [4.78, 5) is 11.4. The second-order valence-electron chi connectivity index (χ2n) is 5.73. The number of hydrogen-bond acceptors (Lipinski definition) is 4. The molecule has 0 spiro atoms.